The number of nitrogens with zero attached hydrogens (tertiary/aromatic N) is 2. The van der Waals surface area contributed by atoms with Crippen molar-refractivity contribution in [2.75, 3.05) is 19.6 Å². The van der Waals surface area contributed by atoms with E-state index in [-0.39, 0.29) is 0 Å². The van der Waals surface area contributed by atoms with E-state index in [9.17, 15) is 0 Å². The van der Waals surface area contributed by atoms with Crippen LogP contribution in [0.15, 0.2) is 60.8 Å². The number of H-pyrrole nitrogens is 1. The first-order chi connectivity index (χ1) is 12.7. The van der Waals surface area contributed by atoms with Gasteiger partial charge in [-0.1, -0.05) is 54.1 Å². The zero-order valence-corrected chi connectivity index (χ0v) is 15.2. The van der Waals surface area contributed by atoms with Gasteiger partial charge in [-0.25, -0.2) is 0 Å². The lowest BCUT2D eigenvalue weighted by atomic mass is 9.89. The maximum Gasteiger partial charge on any atom is 0.0695 e. The summed E-state index contributed by atoms with van der Waals surface area (Å²) >= 11 is 0. The molecule has 0 bridgehead atoms. The fraction of sp³-hybridized carbons (Fsp3) is 0.318. The van der Waals surface area contributed by atoms with Crippen molar-refractivity contribution in [1.82, 2.24) is 15.1 Å². The number of nitrogens with one attached hydrogen (secondary N) is 1. The van der Waals surface area contributed by atoms with E-state index in [2.05, 4.69) is 76.6 Å². The quantitative estimate of drug-likeness (QED) is 0.743. The maximum atomic E-state index is 6.09. The third kappa shape index (κ3) is 3.43. The smallest absolute Gasteiger partial charge is 0.0695 e. The van der Waals surface area contributed by atoms with Crippen molar-refractivity contribution in [2.45, 2.75) is 19.4 Å². The Kier molecular flexibility index (Phi) is 4.87. The summed E-state index contributed by atoms with van der Waals surface area (Å²) in [5.74, 6) is 1.02. The zero-order chi connectivity index (χ0) is 17.9. The lowest BCUT2D eigenvalue weighted by molar-refractivity contribution is 0.317. The highest BCUT2D eigenvalue weighted by Gasteiger charge is 2.33. The molecule has 4 heteroatoms. The van der Waals surface area contributed by atoms with Crippen molar-refractivity contribution in [2.24, 2.45) is 11.7 Å². The number of likely N-dealkylation sites (tertiary alicyclic amines) is 1. The van der Waals surface area contributed by atoms with Crippen LogP contribution >= 0.6 is 0 Å². The Balaban J connectivity index is 1.53. The largest absolute Gasteiger partial charge is 0.330 e. The molecule has 1 aliphatic heterocycles. The number of rotatable bonds is 5. The SMILES string of the molecule is Cc1cccc(-c2[nH]ncc2CN2C[C@@H](CN)[C@H](c3ccccc3)C2)c1. The molecule has 1 aliphatic rings. The highest BCUT2D eigenvalue weighted by atomic mass is 15.2. The second kappa shape index (κ2) is 7.44. The van der Waals surface area contributed by atoms with Crippen molar-refractivity contribution in [1.29, 1.82) is 0 Å². The van der Waals surface area contributed by atoms with E-state index < -0.39 is 0 Å². The Morgan fingerprint density at radius 2 is 1.96 bits per heavy atom. The van der Waals surface area contributed by atoms with Crippen molar-refractivity contribution in [3.8, 4) is 11.3 Å². The third-order valence-electron chi connectivity index (χ3n) is 5.47. The first-order valence-corrected chi connectivity index (χ1v) is 9.31. The first kappa shape index (κ1) is 17.0. The number of aryl methyl sites for hydroxylation is 1. The van der Waals surface area contributed by atoms with E-state index in [1.54, 1.807) is 0 Å². The minimum absolute atomic E-state index is 0.506. The van der Waals surface area contributed by atoms with E-state index in [1.807, 2.05) is 6.20 Å². The van der Waals surface area contributed by atoms with Gasteiger partial charge in [0.15, 0.2) is 0 Å². The van der Waals surface area contributed by atoms with Crippen molar-refractivity contribution in [3.63, 3.8) is 0 Å². The Hall–Kier alpha value is -2.43. The summed E-state index contributed by atoms with van der Waals surface area (Å²) in [5.41, 5.74) is 12.3. The number of hydrogen-bond acceptors (Lipinski definition) is 3. The molecular formula is C22H26N4. The molecule has 0 amide bonds. The summed E-state index contributed by atoms with van der Waals surface area (Å²) in [6.07, 6.45) is 1.96. The zero-order valence-electron chi connectivity index (χ0n) is 15.2. The fourth-order valence-corrected chi connectivity index (χ4v) is 4.13. The second-order valence-corrected chi connectivity index (χ2v) is 7.35. The molecule has 0 aliphatic carbocycles. The van der Waals surface area contributed by atoms with Crippen LogP contribution in [0.25, 0.3) is 11.3 Å². The van der Waals surface area contributed by atoms with Crippen LogP contribution in [0.1, 0.15) is 22.6 Å². The van der Waals surface area contributed by atoms with E-state index in [0.717, 1.165) is 31.9 Å². The lowest BCUT2D eigenvalue weighted by Crippen LogP contribution is -2.23. The summed E-state index contributed by atoms with van der Waals surface area (Å²) in [7, 11) is 0. The van der Waals surface area contributed by atoms with Gasteiger partial charge in [-0.2, -0.15) is 5.10 Å². The molecule has 1 fully saturated rings. The van der Waals surface area contributed by atoms with E-state index in [0.29, 0.717) is 11.8 Å². The standard InChI is InChI=1S/C22H26N4/c1-16-6-5-9-18(10-16)22-20(12-24-25-22)14-26-13-19(11-23)21(15-26)17-7-3-2-4-8-17/h2-10,12,19,21H,11,13-15,23H2,1H3,(H,24,25)/t19-,21+/m1/s1. The van der Waals surface area contributed by atoms with Crippen LogP contribution in [0.5, 0.6) is 0 Å². The molecule has 2 atom stereocenters. The van der Waals surface area contributed by atoms with Gasteiger partial charge in [0, 0.05) is 36.7 Å². The van der Waals surface area contributed by atoms with Gasteiger partial charge in [-0.15, -0.1) is 0 Å². The van der Waals surface area contributed by atoms with Crippen molar-refractivity contribution >= 4 is 0 Å². The molecule has 2 heterocycles. The van der Waals surface area contributed by atoms with Crippen LogP contribution in [0.4, 0.5) is 0 Å². The normalized spacial score (nSPS) is 20.5. The predicted molar refractivity (Wildman–Crippen MR) is 106 cm³/mol. The minimum Gasteiger partial charge on any atom is -0.330 e. The Morgan fingerprint density at radius 1 is 1.12 bits per heavy atom. The summed E-state index contributed by atoms with van der Waals surface area (Å²) in [4.78, 5) is 2.51. The summed E-state index contributed by atoms with van der Waals surface area (Å²) in [5, 5.41) is 7.50. The van der Waals surface area contributed by atoms with Crippen LogP contribution in [0.3, 0.4) is 0 Å². The molecule has 4 nitrogen and oxygen atoms in total. The third-order valence-corrected chi connectivity index (χ3v) is 5.47. The summed E-state index contributed by atoms with van der Waals surface area (Å²) in [6, 6.07) is 19.3. The molecule has 1 aromatic heterocycles. The van der Waals surface area contributed by atoms with Crippen LogP contribution in [-0.2, 0) is 6.54 Å². The molecule has 4 rings (SSSR count). The minimum atomic E-state index is 0.506. The van der Waals surface area contributed by atoms with Crippen LogP contribution in [-0.4, -0.2) is 34.7 Å². The van der Waals surface area contributed by atoms with Gasteiger partial charge >= 0.3 is 0 Å². The highest BCUT2D eigenvalue weighted by Crippen LogP contribution is 2.33. The second-order valence-electron chi connectivity index (χ2n) is 7.35. The number of nitrogens with two attached hydrogens (primary N) is 1. The van der Waals surface area contributed by atoms with Gasteiger partial charge in [0.05, 0.1) is 11.9 Å². The first-order valence-electron chi connectivity index (χ1n) is 9.31. The number of benzene rings is 2. The molecule has 2 aromatic carbocycles. The number of aromatic nitrogens is 2. The van der Waals surface area contributed by atoms with Gasteiger partial charge in [0.25, 0.3) is 0 Å². The van der Waals surface area contributed by atoms with Gasteiger partial charge in [-0.3, -0.25) is 10.00 Å². The Morgan fingerprint density at radius 3 is 2.73 bits per heavy atom. The fourth-order valence-electron chi connectivity index (χ4n) is 4.13. The monoisotopic (exact) mass is 346 g/mol. The molecular weight excluding hydrogens is 320 g/mol. The van der Waals surface area contributed by atoms with E-state index >= 15 is 0 Å². The molecule has 26 heavy (non-hydrogen) atoms. The molecule has 1 saturated heterocycles. The van der Waals surface area contributed by atoms with E-state index in [4.69, 9.17) is 5.73 Å². The van der Waals surface area contributed by atoms with Crippen molar-refractivity contribution < 1.29 is 0 Å². The molecule has 0 unspecified atom stereocenters. The van der Waals surface area contributed by atoms with Crippen LogP contribution in [0, 0.1) is 12.8 Å². The molecule has 0 radical (unpaired) electrons. The van der Waals surface area contributed by atoms with Gasteiger partial charge < -0.3 is 5.73 Å². The summed E-state index contributed by atoms with van der Waals surface area (Å²) in [6.45, 7) is 5.83. The Labute approximate surface area is 155 Å². The maximum absolute atomic E-state index is 6.09. The molecule has 134 valence electrons. The lowest BCUT2D eigenvalue weighted by Gasteiger charge is -2.17. The van der Waals surface area contributed by atoms with Gasteiger partial charge in [0.2, 0.25) is 0 Å². The topological polar surface area (TPSA) is 57.9 Å². The summed E-state index contributed by atoms with van der Waals surface area (Å²) < 4.78 is 0. The average Bonchev–Trinajstić information content (AvgIpc) is 3.29. The Bertz CT molecular complexity index is 855. The number of hydrogen-bond donors (Lipinski definition) is 2. The molecule has 3 N–H and O–H groups in total. The molecule has 3 aromatic rings. The van der Waals surface area contributed by atoms with Crippen LogP contribution in [0.2, 0.25) is 0 Å². The van der Waals surface area contributed by atoms with Crippen molar-refractivity contribution in [3.05, 3.63) is 77.5 Å². The predicted octanol–water partition coefficient (Wildman–Crippen LogP) is 3.56. The highest BCUT2D eigenvalue weighted by molar-refractivity contribution is 5.63. The van der Waals surface area contributed by atoms with E-state index in [1.165, 1.54) is 22.3 Å². The number of aromatic amines is 1. The molecule has 0 saturated carbocycles. The van der Waals surface area contributed by atoms with Gasteiger partial charge in [-0.05, 0) is 31.0 Å². The molecule has 0 spiro atoms. The average molecular weight is 346 g/mol. The van der Waals surface area contributed by atoms with Crippen LogP contribution < -0.4 is 5.73 Å². The van der Waals surface area contributed by atoms with Gasteiger partial charge in [0.1, 0.15) is 0 Å².